The molecule has 0 atom stereocenters. The fourth-order valence-corrected chi connectivity index (χ4v) is 1.51. The summed E-state index contributed by atoms with van der Waals surface area (Å²) in [6, 6.07) is 3.91. The Kier molecular flexibility index (Phi) is 5.16. The third-order valence-electron chi connectivity index (χ3n) is 2.25. The SMILES string of the molecule is CCNc1c(C(=O)NCC(F)F)cccc1[N+](=O)[O-]. The van der Waals surface area contributed by atoms with Gasteiger partial charge in [-0.3, -0.25) is 14.9 Å². The number of benzene rings is 1. The molecule has 0 spiro atoms. The van der Waals surface area contributed by atoms with Gasteiger partial charge in [0, 0.05) is 12.6 Å². The van der Waals surface area contributed by atoms with Gasteiger partial charge >= 0.3 is 0 Å². The van der Waals surface area contributed by atoms with Gasteiger partial charge in [0.05, 0.1) is 17.0 Å². The number of amides is 1. The Morgan fingerprint density at radius 1 is 1.47 bits per heavy atom. The predicted octanol–water partition coefficient (Wildman–Crippen LogP) is 2.02. The quantitative estimate of drug-likeness (QED) is 0.613. The highest BCUT2D eigenvalue weighted by atomic mass is 19.3. The van der Waals surface area contributed by atoms with E-state index in [4.69, 9.17) is 0 Å². The monoisotopic (exact) mass is 273 g/mol. The summed E-state index contributed by atoms with van der Waals surface area (Å²) >= 11 is 0. The molecule has 0 heterocycles. The third kappa shape index (κ3) is 3.87. The molecule has 1 rings (SSSR count). The lowest BCUT2D eigenvalue weighted by molar-refractivity contribution is -0.384. The number of rotatable bonds is 6. The molecule has 0 saturated heterocycles. The molecule has 0 aromatic heterocycles. The van der Waals surface area contributed by atoms with E-state index < -0.39 is 23.8 Å². The van der Waals surface area contributed by atoms with Gasteiger partial charge in [0.25, 0.3) is 18.0 Å². The molecule has 104 valence electrons. The second kappa shape index (κ2) is 6.62. The van der Waals surface area contributed by atoms with Gasteiger partial charge < -0.3 is 10.6 Å². The number of alkyl halides is 2. The molecule has 0 saturated carbocycles. The van der Waals surface area contributed by atoms with Crippen LogP contribution in [0.5, 0.6) is 0 Å². The van der Waals surface area contributed by atoms with Crippen LogP contribution in [0, 0.1) is 10.1 Å². The van der Waals surface area contributed by atoms with Crippen molar-refractivity contribution < 1.29 is 18.5 Å². The molecule has 1 amide bonds. The molecule has 0 aliphatic carbocycles. The minimum Gasteiger partial charge on any atom is -0.379 e. The second-order valence-electron chi connectivity index (χ2n) is 3.59. The summed E-state index contributed by atoms with van der Waals surface area (Å²) < 4.78 is 24.1. The summed E-state index contributed by atoms with van der Waals surface area (Å²) in [7, 11) is 0. The lowest BCUT2D eigenvalue weighted by Gasteiger charge is -2.11. The molecule has 0 bridgehead atoms. The van der Waals surface area contributed by atoms with E-state index in [1.54, 1.807) is 6.92 Å². The van der Waals surface area contributed by atoms with E-state index in [2.05, 4.69) is 5.32 Å². The Bertz CT molecular complexity index is 480. The number of hydrogen-bond donors (Lipinski definition) is 2. The van der Waals surface area contributed by atoms with Gasteiger partial charge in [-0.2, -0.15) is 0 Å². The van der Waals surface area contributed by atoms with Crippen LogP contribution in [0.15, 0.2) is 18.2 Å². The first-order valence-electron chi connectivity index (χ1n) is 5.55. The lowest BCUT2D eigenvalue weighted by atomic mass is 10.1. The first kappa shape index (κ1) is 14.8. The molecule has 0 aliphatic heterocycles. The van der Waals surface area contributed by atoms with Crippen molar-refractivity contribution in [3.05, 3.63) is 33.9 Å². The minimum absolute atomic E-state index is 0.0294. The Hall–Kier alpha value is -2.25. The summed E-state index contributed by atoms with van der Waals surface area (Å²) in [6.07, 6.45) is -2.68. The standard InChI is InChI=1S/C11H13F2N3O3/c1-2-14-10-7(11(17)15-6-9(12)13)4-3-5-8(10)16(18)19/h3-5,9,14H,2,6H2,1H3,(H,15,17). The largest absolute Gasteiger partial charge is 0.379 e. The van der Waals surface area contributed by atoms with Crippen LogP contribution in [-0.2, 0) is 0 Å². The Labute approximate surface area is 108 Å². The molecular formula is C11H13F2N3O3. The van der Waals surface area contributed by atoms with Crippen LogP contribution in [0.25, 0.3) is 0 Å². The van der Waals surface area contributed by atoms with Crippen molar-refractivity contribution in [1.29, 1.82) is 0 Å². The van der Waals surface area contributed by atoms with Crippen LogP contribution in [0.2, 0.25) is 0 Å². The van der Waals surface area contributed by atoms with Crippen molar-refractivity contribution in [3.63, 3.8) is 0 Å². The number of carbonyl (C=O) groups is 1. The highest BCUT2D eigenvalue weighted by Crippen LogP contribution is 2.28. The van der Waals surface area contributed by atoms with Gasteiger partial charge in [0.15, 0.2) is 0 Å². The number of nitrogens with zero attached hydrogens (tertiary/aromatic N) is 1. The lowest BCUT2D eigenvalue weighted by Crippen LogP contribution is -2.29. The number of nitro benzene ring substituents is 1. The molecule has 2 N–H and O–H groups in total. The zero-order valence-electron chi connectivity index (χ0n) is 10.2. The molecule has 0 aliphatic rings. The van der Waals surface area contributed by atoms with Crippen LogP contribution in [0.3, 0.4) is 0 Å². The average Bonchev–Trinajstić information content (AvgIpc) is 2.36. The highest BCUT2D eigenvalue weighted by Gasteiger charge is 2.21. The van der Waals surface area contributed by atoms with Crippen LogP contribution >= 0.6 is 0 Å². The third-order valence-corrected chi connectivity index (χ3v) is 2.25. The minimum atomic E-state index is -2.68. The molecule has 1 aromatic rings. The van der Waals surface area contributed by atoms with E-state index in [0.29, 0.717) is 6.54 Å². The maximum atomic E-state index is 12.0. The van der Waals surface area contributed by atoms with Crippen LogP contribution in [0.4, 0.5) is 20.2 Å². The summed E-state index contributed by atoms with van der Waals surface area (Å²) in [5.74, 6) is -0.778. The van der Waals surface area contributed by atoms with Crippen molar-refractivity contribution in [2.75, 3.05) is 18.4 Å². The van der Waals surface area contributed by atoms with Gasteiger partial charge in [-0.15, -0.1) is 0 Å². The Morgan fingerprint density at radius 3 is 2.68 bits per heavy atom. The zero-order chi connectivity index (χ0) is 14.4. The normalized spacial score (nSPS) is 10.3. The van der Waals surface area contributed by atoms with Crippen LogP contribution in [-0.4, -0.2) is 30.3 Å². The number of para-hydroxylation sites is 1. The Balaban J connectivity index is 3.08. The first-order chi connectivity index (χ1) is 8.97. The van der Waals surface area contributed by atoms with E-state index in [1.165, 1.54) is 18.2 Å². The number of halogens is 2. The van der Waals surface area contributed by atoms with E-state index >= 15 is 0 Å². The molecule has 0 unspecified atom stereocenters. The van der Waals surface area contributed by atoms with Crippen molar-refractivity contribution in [2.45, 2.75) is 13.3 Å². The molecule has 0 radical (unpaired) electrons. The van der Waals surface area contributed by atoms with E-state index in [1.807, 2.05) is 5.32 Å². The maximum Gasteiger partial charge on any atom is 0.293 e. The highest BCUT2D eigenvalue weighted by molar-refractivity contribution is 6.01. The van der Waals surface area contributed by atoms with Crippen molar-refractivity contribution >= 4 is 17.3 Å². The first-order valence-corrected chi connectivity index (χ1v) is 5.55. The van der Waals surface area contributed by atoms with Crippen molar-refractivity contribution in [1.82, 2.24) is 5.32 Å². The van der Waals surface area contributed by atoms with Gasteiger partial charge in [0.1, 0.15) is 5.69 Å². The summed E-state index contributed by atoms with van der Waals surface area (Å²) in [6.45, 7) is 1.27. The molecule has 8 heteroatoms. The smallest absolute Gasteiger partial charge is 0.293 e. The predicted molar refractivity (Wildman–Crippen MR) is 65.6 cm³/mol. The number of nitrogens with one attached hydrogen (secondary N) is 2. The van der Waals surface area contributed by atoms with Crippen molar-refractivity contribution in [2.24, 2.45) is 0 Å². The average molecular weight is 273 g/mol. The number of nitro groups is 1. The fraction of sp³-hybridized carbons (Fsp3) is 0.364. The maximum absolute atomic E-state index is 12.0. The molecule has 19 heavy (non-hydrogen) atoms. The molecule has 0 fully saturated rings. The van der Waals surface area contributed by atoms with Gasteiger partial charge in [-0.1, -0.05) is 6.07 Å². The number of carbonyl (C=O) groups excluding carboxylic acids is 1. The second-order valence-corrected chi connectivity index (χ2v) is 3.59. The van der Waals surface area contributed by atoms with Gasteiger partial charge in [-0.05, 0) is 13.0 Å². The molecular weight excluding hydrogens is 260 g/mol. The van der Waals surface area contributed by atoms with Gasteiger partial charge in [-0.25, -0.2) is 8.78 Å². The Morgan fingerprint density at radius 2 is 2.16 bits per heavy atom. The fourth-order valence-electron chi connectivity index (χ4n) is 1.51. The van der Waals surface area contributed by atoms with E-state index in [9.17, 15) is 23.7 Å². The molecule has 6 nitrogen and oxygen atoms in total. The van der Waals surface area contributed by atoms with Crippen LogP contribution in [0.1, 0.15) is 17.3 Å². The molecule has 1 aromatic carbocycles. The van der Waals surface area contributed by atoms with E-state index in [-0.39, 0.29) is 16.9 Å². The van der Waals surface area contributed by atoms with Crippen molar-refractivity contribution in [3.8, 4) is 0 Å². The van der Waals surface area contributed by atoms with Gasteiger partial charge in [0.2, 0.25) is 0 Å². The van der Waals surface area contributed by atoms with Crippen LogP contribution < -0.4 is 10.6 Å². The van der Waals surface area contributed by atoms with E-state index in [0.717, 1.165) is 0 Å². The topological polar surface area (TPSA) is 84.3 Å². The zero-order valence-corrected chi connectivity index (χ0v) is 10.2. The number of anilines is 1. The summed E-state index contributed by atoms with van der Waals surface area (Å²) in [4.78, 5) is 21.9. The number of hydrogen-bond acceptors (Lipinski definition) is 4. The summed E-state index contributed by atoms with van der Waals surface area (Å²) in [5, 5.41) is 15.6. The summed E-state index contributed by atoms with van der Waals surface area (Å²) in [5.41, 5.74) is -0.273.